The summed E-state index contributed by atoms with van der Waals surface area (Å²) in [6.07, 6.45) is 0. The van der Waals surface area contributed by atoms with Crippen molar-refractivity contribution in [2.24, 2.45) is 0 Å². The lowest BCUT2D eigenvalue weighted by Gasteiger charge is -2.10. The van der Waals surface area contributed by atoms with Crippen LogP contribution in [-0.4, -0.2) is 13.4 Å². The topological polar surface area (TPSA) is 59.1 Å². The van der Waals surface area contributed by atoms with Crippen LogP contribution in [0.5, 0.6) is 0 Å². The summed E-state index contributed by atoms with van der Waals surface area (Å²) in [4.78, 5) is 4.91. The van der Waals surface area contributed by atoms with Gasteiger partial charge in [-0.05, 0) is 55.0 Å². The van der Waals surface area contributed by atoms with Gasteiger partial charge in [-0.15, -0.1) is 11.3 Å². The molecule has 0 unspecified atom stereocenters. The van der Waals surface area contributed by atoms with Gasteiger partial charge in [-0.25, -0.2) is 13.4 Å². The summed E-state index contributed by atoms with van der Waals surface area (Å²) in [5.41, 5.74) is 3.17. The number of para-hydroxylation sites is 1. The van der Waals surface area contributed by atoms with Gasteiger partial charge in [0.15, 0.2) is 0 Å². The van der Waals surface area contributed by atoms with Crippen LogP contribution in [0.4, 0.5) is 5.69 Å². The molecule has 26 heavy (non-hydrogen) atoms. The first-order valence-electron chi connectivity index (χ1n) is 8.07. The van der Waals surface area contributed by atoms with E-state index in [2.05, 4.69) is 9.71 Å². The molecule has 0 spiro atoms. The van der Waals surface area contributed by atoms with Gasteiger partial charge in [0.1, 0.15) is 5.01 Å². The Morgan fingerprint density at radius 2 is 1.58 bits per heavy atom. The zero-order valence-corrected chi connectivity index (χ0v) is 15.6. The van der Waals surface area contributed by atoms with Gasteiger partial charge < -0.3 is 0 Å². The maximum atomic E-state index is 12.6. The molecule has 0 atom stereocenters. The summed E-state index contributed by atoms with van der Waals surface area (Å²) in [6, 6.07) is 22.2. The van der Waals surface area contributed by atoms with Crippen LogP contribution >= 0.6 is 11.3 Å². The first-order chi connectivity index (χ1) is 12.5. The van der Waals surface area contributed by atoms with E-state index in [1.165, 1.54) is 0 Å². The SMILES string of the molecule is Cc1ccccc1S(=O)(=O)Nc1ccc(-c2nc3ccccc3s2)cc1. The fourth-order valence-corrected chi connectivity index (χ4v) is 5.02. The van der Waals surface area contributed by atoms with Gasteiger partial charge in [-0.1, -0.05) is 30.3 Å². The molecule has 0 saturated heterocycles. The van der Waals surface area contributed by atoms with Crippen LogP contribution < -0.4 is 4.72 Å². The summed E-state index contributed by atoms with van der Waals surface area (Å²) in [5, 5.41) is 0.916. The van der Waals surface area contributed by atoms with Crippen molar-refractivity contribution in [2.75, 3.05) is 4.72 Å². The standard InChI is InChI=1S/C20H16N2O2S2/c1-14-6-2-5-9-19(14)26(23,24)22-16-12-10-15(11-13-16)20-21-17-7-3-4-8-18(17)25-20/h2-13,22H,1H3. The Kier molecular flexibility index (Phi) is 4.22. The normalized spacial score (nSPS) is 11.6. The van der Waals surface area contributed by atoms with Crippen molar-refractivity contribution < 1.29 is 8.42 Å². The van der Waals surface area contributed by atoms with E-state index in [0.29, 0.717) is 11.3 Å². The number of rotatable bonds is 4. The fourth-order valence-electron chi connectivity index (χ4n) is 2.74. The third-order valence-corrected chi connectivity index (χ3v) is 6.69. The summed E-state index contributed by atoms with van der Waals surface area (Å²) < 4.78 is 28.9. The number of hydrogen-bond donors (Lipinski definition) is 1. The lowest BCUT2D eigenvalue weighted by atomic mass is 10.2. The monoisotopic (exact) mass is 380 g/mol. The van der Waals surface area contributed by atoms with Crippen LogP contribution in [0.15, 0.2) is 77.7 Å². The highest BCUT2D eigenvalue weighted by Gasteiger charge is 2.16. The zero-order valence-electron chi connectivity index (χ0n) is 14.0. The number of benzene rings is 3. The molecule has 1 aromatic heterocycles. The minimum absolute atomic E-state index is 0.287. The van der Waals surface area contributed by atoms with E-state index in [9.17, 15) is 8.42 Å². The smallest absolute Gasteiger partial charge is 0.262 e. The Bertz CT molecular complexity index is 1150. The Hall–Kier alpha value is -2.70. The summed E-state index contributed by atoms with van der Waals surface area (Å²) in [5.74, 6) is 0. The highest BCUT2D eigenvalue weighted by atomic mass is 32.2. The number of anilines is 1. The molecule has 0 aliphatic heterocycles. The predicted molar refractivity (Wildman–Crippen MR) is 107 cm³/mol. The van der Waals surface area contributed by atoms with E-state index >= 15 is 0 Å². The molecule has 0 radical (unpaired) electrons. The van der Waals surface area contributed by atoms with Crippen LogP contribution in [0.1, 0.15) is 5.56 Å². The molecule has 0 amide bonds. The van der Waals surface area contributed by atoms with Crippen LogP contribution in [0, 0.1) is 6.92 Å². The van der Waals surface area contributed by atoms with Crippen molar-refractivity contribution in [1.82, 2.24) is 4.98 Å². The third-order valence-electron chi connectivity index (χ3n) is 4.06. The minimum atomic E-state index is -3.61. The molecule has 130 valence electrons. The van der Waals surface area contributed by atoms with Crippen molar-refractivity contribution in [3.05, 3.63) is 78.4 Å². The van der Waals surface area contributed by atoms with E-state index in [4.69, 9.17) is 0 Å². The van der Waals surface area contributed by atoms with Crippen LogP contribution in [0.3, 0.4) is 0 Å². The Morgan fingerprint density at radius 1 is 0.885 bits per heavy atom. The Labute approximate surface area is 156 Å². The number of hydrogen-bond acceptors (Lipinski definition) is 4. The van der Waals surface area contributed by atoms with Gasteiger partial charge in [-0.2, -0.15) is 0 Å². The molecule has 0 fully saturated rings. The van der Waals surface area contributed by atoms with Crippen LogP contribution in [0.2, 0.25) is 0 Å². The zero-order chi connectivity index (χ0) is 18.1. The molecule has 3 aromatic carbocycles. The maximum absolute atomic E-state index is 12.6. The van der Waals surface area contributed by atoms with E-state index in [1.807, 2.05) is 42.5 Å². The molecular formula is C20H16N2O2S2. The van der Waals surface area contributed by atoms with Gasteiger partial charge in [0.2, 0.25) is 0 Å². The van der Waals surface area contributed by atoms with E-state index in [-0.39, 0.29) is 4.90 Å². The lowest BCUT2D eigenvalue weighted by molar-refractivity contribution is 0.600. The molecule has 0 bridgehead atoms. The first-order valence-corrected chi connectivity index (χ1v) is 10.4. The van der Waals surface area contributed by atoms with Gasteiger partial charge in [-0.3, -0.25) is 4.72 Å². The van der Waals surface area contributed by atoms with Gasteiger partial charge in [0, 0.05) is 11.3 Å². The van der Waals surface area contributed by atoms with E-state index in [0.717, 1.165) is 20.8 Å². The van der Waals surface area contributed by atoms with Gasteiger partial charge >= 0.3 is 0 Å². The Morgan fingerprint density at radius 3 is 2.31 bits per heavy atom. The average molecular weight is 380 g/mol. The number of sulfonamides is 1. The number of thiazole rings is 1. The third kappa shape index (κ3) is 3.21. The summed E-state index contributed by atoms with van der Waals surface area (Å²) >= 11 is 1.62. The average Bonchev–Trinajstić information content (AvgIpc) is 3.06. The van der Waals surface area contributed by atoms with Crippen molar-refractivity contribution in [1.29, 1.82) is 0 Å². The number of aryl methyl sites for hydroxylation is 1. The number of nitrogens with zero attached hydrogens (tertiary/aromatic N) is 1. The minimum Gasteiger partial charge on any atom is -0.280 e. The molecule has 0 saturated carbocycles. The molecule has 1 heterocycles. The quantitative estimate of drug-likeness (QED) is 0.537. The molecule has 6 heteroatoms. The second-order valence-electron chi connectivity index (χ2n) is 5.94. The molecule has 4 nitrogen and oxygen atoms in total. The van der Waals surface area contributed by atoms with E-state index in [1.54, 1.807) is 48.6 Å². The molecule has 4 aromatic rings. The second-order valence-corrected chi connectivity index (χ2v) is 8.62. The van der Waals surface area contributed by atoms with Crippen molar-refractivity contribution in [2.45, 2.75) is 11.8 Å². The molecule has 0 aliphatic rings. The summed E-state index contributed by atoms with van der Waals surface area (Å²) in [6.45, 7) is 1.78. The second kappa shape index (κ2) is 6.55. The van der Waals surface area contributed by atoms with Crippen LogP contribution in [-0.2, 0) is 10.0 Å². The van der Waals surface area contributed by atoms with E-state index < -0.39 is 10.0 Å². The van der Waals surface area contributed by atoms with Crippen molar-refractivity contribution in [3.8, 4) is 10.6 Å². The molecule has 0 aliphatic carbocycles. The molecule has 1 N–H and O–H groups in total. The van der Waals surface area contributed by atoms with Crippen LogP contribution in [0.25, 0.3) is 20.8 Å². The van der Waals surface area contributed by atoms with Crippen molar-refractivity contribution in [3.63, 3.8) is 0 Å². The number of aromatic nitrogens is 1. The number of fused-ring (bicyclic) bond motifs is 1. The molecule has 4 rings (SSSR count). The Balaban J connectivity index is 1.61. The van der Waals surface area contributed by atoms with Gasteiger partial charge in [0.25, 0.3) is 10.0 Å². The predicted octanol–water partition coefficient (Wildman–Crippen LogP) is 5.07. The fraction of sp³-hybridized carbons (Fsp3) is 0.0500. The highest BCUT2D eigenvalue weighted by Crippen LogP contribution is 2.31. The maximum Gasteiger partial charge on any atom is 0.262 e. The van der Waals surface area contributed by atoms with Crippen molar-refractivity contribution >= 4 is 37.3 Å². The van der Waals surface area contributed by atoms with Gasteiger partial charge in [0.05, 0.1) is 15.1 Å². The summed E-state index contributed by atoms with van der Waals surface area (Å²) in [7, 11) is -3.61. The lowest BCUT2D eigenvalue weighted by Crippen LogP contribution is -2.14. The largest absolute Gasteiger partial charge is 0.280 e. The number of nitrogens with one attached hydrogen (secondary N) is 1. The highest BCUT2D eigenvalue weighted by molar-refractivity contribution is 7.92. The first kappa shape index (κ1) is 16.8. The molecular weight excluding hydrogens is 364 g/mol.